The lowest BCUT2D eigenvalue weighted by molar-refractivity contribution is -0.137. The zero-order valence-corrected chi connectivity index (χ0v) is 15.1. The van der Waals surface area contributed by atoms with Gasteiger partial charge in [0.1, 0.15) is 0 Å². The molecule has 1 amide bonds. The van der Waals surface area contributed by atoms with Crippen molar-refractivity contribution in [2.24, 2.45) is 0 Å². The molecule has 5 nitrogen and oxygen atoms in total. The summed E-state index contributed by atoms with van der Waals surface area (Å²) in [5, 5.41) is 5.72. The van der Waals surface area contributed by atoms with Crippen LogP contribution in [0.15, 0.2) is 54.6 Å². The molecule has 2 N–H and O–H groups in total. The number of anilines is 3. The number of alkyl halides is 3. The summed E-state index contributed by atoms with van der Waals surface area (Å²) in [7, 11) is 0. The second kappa shape index (κ2) is 7.67. The minimum Gasteiger partial charge on any atom is -0.324 e. The van der Waals surface area contributed by atoms with Crippen molar-refractivity contribution in [1.82, 2.24) is 9.97 Å². The third-order valence-corrected chi connectivity index (χ3v) is 3.86. The van der Waals surface area contributed by atoms with Gasteiger partial charge in [-0.15, -0.1) is 0 Å². The summed E-state index contributed by atoms with van der Waals surface area (Å²) in [5.74, 6) is -0.0221. The van der Waals surface area contributed by atoms with E-state index in [0.717, 1.165) is 41.3 Å². The highest BCUT2D eigenvalue weighted by Gasteiger charge is 2.30. The number of aromatic nitrogens is 2. The summed E-state index contributed by atoms with van der Waals surface area (Å²) in [6.45, 7) is 3.75. The molecule has 0 radical (unpaired) electrons. The summed E-state index contributed by atoms with van der Waals surface area (Å²) in [6, 6.07) is 12.7. The smallest absolute Gasteiger partial charge is 0.324 e. The molecule has 0 atom stereocenters. The number of rotatable bonds is 4. The lowest BCUT2D eigenvalue weighted by Crippen LogP contribution is -2.12. The highest BCUT2D eigenvalue weighted by Crippen LogP contribution is 2.29. The van der Waals surface area contributed by atoms with E-state index in [4.69, 9.17) is 0 Å². The number of aryl methyl sites for hydroxylation is 2. The number of amides is 1. The fraction of sp³-hybridized carbons (Fsp3) is 0.150. The van der Waals surface area contributed by atoms with Gasteiger partial charge in [0.05, 0.1) is 5.56 Å². The Labute approximate surface area is 159 Å². The summed E-state index contributed by atoms with van der Waals surface area (Å²) in [5.41, 5.74) is 2.27. The van der Waals surface area contributed by atoms with Crippen LogP contribution in [0.5, 0.6) is 0 Å². The van der Waals surface area contributed by atoms with Crippen LogP contribution in [0, 0.1) is 13.8 Å². The van der Waals surface area contributed by atoms with Gasteiger partial charge in [-0.3, -0.25) is 4.79 Å². The van der Waals surface area contributed by atoms with Crippen molar-refractivity contribution in [3.63, 3.8) is 0 Å². The Morgan fingerprint density at radius 3 is 1.93 bits per heavy atom. The highest BCUT2D eigenvalue weighted by atomic mass is 19.4. The van der Waals surface area contributed by atoms with Gasteiger partial charge in [-0.1, -0.05) is 0 Å². The van der Waals surface area contributed by atoms with Crippen molar-refractivity contribution in [3.8, 4) is 0 Å². The third-order valence-electron chi connectivity index (χ3n) is 3.86. The minimum absolute atomic E-state index is 0.138. The van der Waals surface area contributed by atoms with Gasteiger partial charge < -0.3 is 10.6 Å². The van der Waals surface area contributed by atoms with Gasteiger partial charge in [0.25, 0.3) is 5.91 Å². The van der Waals surface area contributed by atoms with E-state index < -0.39 is 17.6 Å². The van der Waals surface area contributed by atoms with Gasteiger partial charge in [-0.25, -0.2) is 9.97 Å². The van der Waals surface area contributed by atoms with E-state index in [1.54, 1.807) is 24.3 Å². The second-order valence-corrected chi connectivity index (χ2v) is 6.21. The van der Waals surface area contributed by atoms with Crippen LogP contribution in [0.25, 0.3) is 0 Å². The number of carbonyl (C=O) groups is 1. The summed E-state index contributed by atoms with van der Waals surface area (Å²) >= 11 is 0. The first-order valence-electron chi connectivity index (χ1n) is 8.39. The first kappa shape index (κ1) is 19.3. The standard InChI is InChI=1S/C20H17F3N4O/c1-12-11-13(2)25-19(24-12)27-17-9-7-16(8-10-17)26-18(28)14-3-5-15(6-4-14)20(21,22)23/h3-11H,1-2H3,(H,26,28)(H,24,25,27). The Balaban J connectivity index is 1.66. The summed E-state index contributed by atoms with van der Waals surface area (Å²) in [4.78, 5) is 20.8. The average molecular weight is 386 g/mol. The predicted molar refractivity (Wildman–Crippen MR) is 101 cm³/mol. The van der Waals surface area contributed by atoms with E-state index in [1.807, 2.05) is 19.9 Å². The van der Waals surface area contributed by atoms with Crippen molar-refractivity contribution < 1.29 is 18.0 Å². The normalized spacial score (nSPS) is 11.2. The fourth-order valence-corrected chi connectivity index (χ4v) is 2.56. The monoisotopic (exact) mass is 386 g/mol. The zero-order valence-electron chi connectivity index (χ0n) is 15.1. The van der Waals surface area contributed by atoms with Gasteiger partial charge in [0.15, 0.2) is 0 Å². The number of hydrogen-bond donors (Lipinski definition) is 2. The predicted octanol–water partition coefficient (Wildman–Crippen LogP) is 5.11. The minimum atomic E-state index is -4.43. The van der Waals surface area contributed by atoms with Gasteiger partial charge in [-0.2, -0.15) is 13.2 Å². The van der Waals surface area contributed by atoms with Gasteiger partial charge in [-0.05, 0) is 68.4 Å². The molecule has 28 heavy (non-hydrogen) atoms. The van der Waals surface area contributed by atoms with Crippen molar-refractivity contribution in [1.29, 1.82) is 0 Å². The maximum absolute atomic E-state index is 12.6. The highest BCUT2D eigenvalue weighted by molar-refractivity contribution is 6.04. The molecule has 0 aliphatic heterocycles. The molecule has 0 fully saturated rings. The Bertz CT molecular complexity index is 964. The largest absolute Gasteiger partial charge is 0.416 e. The van der Waals surface area contributed by atoms with E-state index in [0.29, 0.717) is 11.6 Å². The van der Waals surface area contributed by atoms with Crippen LogP contribution in [0.4, 0.5) is 30.5 Å². The van der Waals surface area contributed by atoms with E-state index in [-0.39, 0.29) is 5.56 Å². The first-order valence-corrected chi connectivity index (χ1v) is 8.39. The quantitative estimate of drug-likeness (QED) is 0.654. The van der Waals surface area contributed by atoms with Crippen molar-refractivity contribution >= 4 is 23.2 Å². The average Bonchev–Trinajstić information content (AvgIpc) is 2.62. The van der Waals surface area contributed by atoms with Crippen LogP contribution >= 0.6 is 0 Å². The number of hydrogen-bond acceptors (Lipinski definition) is 4. The van der Waals surface area contributed by atoms with Crippen LogP contribution in [0.2, 0.25) is 0 Å². The van der Waals surface area contributed by atoms with E-state index >= 15 is 0 Å². The summed E-state index contributed by atoms with van der Waals surface area (Å²) < 4.78 is 37.8. The van der Waals surface area contributed by atoms with E-state index in [9.17, 15) is 18.0 Å². The molecule has 0 bridgehead atoms. The molecule has 0 aliphatic carbocycles. The molecule has 3 aromatic rings. The molecule has 3 rings (SSSR count). The van der Waals surface area contributed by atoms with Gasteiger partial charge >= 0.3 is 6.18 Å². The van der Waals surface area contributed by atoms with E-state index in [2.05, 4.69) is 20.6 Å². The molecule has 144 valence electrons. The molecule has 0 aliphatic rings. The molecule has 1 heterocycles. The number of nitrogens with one attached hydrogen (secondary N) is 2. The molecule has 2 aromatic carbocycles. The molecule has 0 saturated heterocycles. The molecule has 0 saturated carbocycles. The van der Waals surface area contributed by atoms with Gasteiger partial charge in [0.2, 0.25) is 5.95 Å². The molecular weight excluding hydrogens is 369 g/mol. The topological polar surface area (TPSA) is 66.9 Å². The number of benzene rings is 2. The van der Waals surface area contributed by atoms with Gasteiger partial charge in [0, 0.05) is 28.3 Å². The molecule has 8 heteroatoms. The Morgan fingerprint density at radius 1 is 0.857 bits per heavy atom. The maximum atomic E-state index is 12.6. The van der Waals surface area contributed by atoms with Crippen molar-refractivity contribution in [2.75, 3.05) is 10.6 Å². The Kier molecular flexibility index (Phi) is 5.30. The zero-order chi connectivity index (χ0) is 20.3. The molecule has 0 unspecified atom stereocenters. The Hall–Kier alpha value is -3.42. The number of nitrogens with zero attached hydrogens (tertiary/aromatic N) is 2. The van der Waals surface area contributed by atoms with Crippen molar-refractivity contribution in [2.45, 2.75) is 20.0 Å². The summed E-state index contributed by atoms with van der Waals surface area (Å²) in [6.07, 6.45) is -4.43. The SMILES string of the molecule is Cc1cc(C)nc(Nc2ccc(NC(=O)c3ccc(C(F)(F)F)cc3)cc2)n1. The maximum Gasteiger partial charge on any atom is 0.416 e. The van der Waals surface area contributed by atoms with Crippen LogP contribution in [0.3, 0.4) is 0 Å². The lowest BCUT2D eigenvalue weighted by atomic mass is 10.1. The molecule has 1 aromatic heterocycles. The van der Waals surface area contributed by atoms with Crippen LogP contribution < -0.4 is 10.6 Å². The second-order valence-electron chi connectivity index (χ2n) is 6.21. The first-order chi connectivity index (χ1) is 13.2. The van der Waals surface area contributed by atoms with Crippen LogP contribution in [-0.4, -0.2) is 15.9 Å². The van der Waals surface area contributed by atoms with Crippen LogP contribution in [-0.2, 0) is 6.18 Å². The lowest BCUT2D eigenvalue weighted by Gasteiger charge is -2.10. The number of halogens is 3. The molecule has 0 spiro atoms. The van der Waals surface area contributed by atoms with Crippen molar-refractivity contribution in [3.05, 3.63) is 77.1 Å². The number of carbonyl (C=O) groups excluding carboxylic acids is 1. The van der Waals surface area contributed by atoms with Crippen LogP contribution in [0.1, 0.15) is 27.3 Å². The Morgan fingerprint density at radius 2 is 1.39 bits per heavy atom. The third kappa shape index (κ3) is 4.85. The van der Waals surface area contributed by atoms with E-state index in [1.165, 1.54) is 0 Å². The fourth-order valence-electron chi connectivity index (χ4n) is 2.56. The molecular formula is C20H17F3N4O.